The Labute approximate surface area is 309 Å². The van der Waals surface area contributed by atoms with Crippen molar-refractivity contribution in [1.82, 2.24) is 4.90 Å². The van der Waals surface area contributed by atoms with Crippen LogP contribution in [0.15, 0.2) is 34.6 Å². The number of likely N-dealkylation sites (tertiary alicyclic amines) is 1. The summed E-state index contributed by atoms with van der Waals surface area (Å²) in [6.07, 6.45) is 0.104. The number of aliphatic hydroxyl groups is 5. The maximum Gasteiger partial charge on any atom is 0.335 e. The normalized spacial score (nSPS) is 46.4. The number of aliphatic hydroxyl groups excluding tert-OH is 4. The third kappa shape index (κ3) is 5.77. The number of allylic oxidation sites excluding steroid dienone is 2. The molecule has 8 rings (SSSR count). The fraction of sp³-hybridized carbons (Fsp3) is 0.795. The van der Waals surface area contributed by atoms with Gasteiger partial charge in [0.05, 0.1) is 36.9 Å². The Kier molecular flexibility index (Phi) is 9.67. The maximum atomic E-state index is 14.2. The van der Waals surface area contributed by atoms with Crippen LogP contribution in [0.1, 0.15) is 65.2 Å². The summed E-state index contributed by atoms with van der Waals surface area (Å²) in [5, 5.41) is 63.7. The first-order chi connectivity index (χ1) is 25.2. The van der Waals surface area contributed by atoms with Gasteiger partial charge < -0.3 is 59.2 Å². The molecule has 2 bridgehead atoms. The molecule has 0 aromatic rings. The average molecular weight is 746 g/mol. The summed E-state index contributed by atoms with van der Waals surface area (Å²) in [4.78, 5) is 28.5. The van der Waals surface area contributed by atoms with E-state index in [2.05, 4.69) is 11.9 Å². The number of hydrogen-bond acceptors (Lipinski definition) is 13. The molecule has 2 spiro atoms. The third-order valence-corrected chi connectivity index (χ3v) is 14.7. The highest BCUT2D eigenvalue weighted by molar-refractivity contribution is 5.87. The van der Waals surface area contributed by atoms with E-state index in [0.717, 1.165) is 51.5 Å². The summed E-state index contributed by atoms with van der Waals surface area (Å²) in [7, 11) is 2.16. The van der Waals surface area contributed by atoms with Gasteiger partial charge in [0.2, 0.25) is 6.29 Å². The lowest BCUT2D eigenvalue weighted by molar-refractivity contribution is -0.340. The largest absolute Gasteiger partial charge is 0.478 e. The van der Waals surface area contributed by atoms with Crippen LogP contribution in [-0.2, 0) is 33.3 Å². The summed E-state index contributed by atoms with van der Waals surface area (Å²) in [6, 6.07) is 0. The number of nitrogens with zero attached hydrogens (tertiary/aromatic N) is 1. The van der Waals surface area contributed by atoms with E-state index < -0.39 is 79.1 Å². The lowest BCUT2D eigenvalue weighted by Gasteiger charge is -2.62. The predicted octanol–water partition coefficient (Wildman–Crippen LogP) is 1.44. The Morgan fingerprint density at radius 1 is 1.06 bits per heavy atom. The van der Waals surface area contributed by atoms with E-state index in [-0.39, 0.29) is 34.8 Å². The molecule has 6 N–H and O–H groups in total. The fourth-order valence-corrected chi connectivity index (χ4v) is 11.9. The molecule has 0 aromatic heterocycles. The smallest absolute Gasteiger partial charge is 0.335 e. The van der Waals surface area contributed by atoms with Gasteiger partial charge in [0.25, 0.3) is 0 Å². The van der Waals surface area contributed by atoms with Crippen molar-refractivity contribution in [3.63, 3.8) is 0 Å². The molecule has 4 aliphatic heterocycles. The van der Waals surface area contributed by atoms with Crippen LogP contribution in [0, 0.1) is 46.3 Å². The zero-order valence-electron chi connectivity index (χ0n) is 30.8. The maximum absolute atomic E-state index is 14.2. The molecule has 4 aliphatic carbocycles. The van der Waals surface area contributed by atoms with E-state index >= 15 is 0 Å². The molecule has 3 saturated heterocycles. The molecule has 14 nitrogen and oxygen atoms in total. The monoisotopic (exact) mass is 745 g/mol. The van der Waals surface area contributed by atoms with Gasteiger partial charge in [0.15, 0.2) is 12.1 Å². The number of ether oxygens (including phenoxy) is 5. The first-order valence-electron chi connectivity index (χ1n) is 19.4. The minimum atomic E-state index is -1.71. The molecule has 53 heavy (non-hydrogen) atoms. The number of piperidine rings is 1. The van der Waals surface area contributed by atoms with Gasteiger partial charge in [-0.05, 0) is 69.4 Å². The highest BCUT2D eigenvalue weighted by Crippen LogP contribution is 2.72. The van der Waals surface area contributed by atoms with Crippen molar-refractivity contribution in [3.8, 4) is 0 Å². The topological polar surface area (TPSA) is 205 Å². The number of rotatable bonds is 8. The zero-order chi connectivity index (χ0) is 37.6. The molecule has 294 valence electrons. The molecule has 0 radical (unpaired) electrons. The highest BCUT2D eigenvalue weighted by Gasteiger charge is 2.69. The Bertz CT molecular complexity index is 1570. The zero-order valence-corrected chi connectivity index (χ0v) is 30.8. The van der Waals surface area contributed by atoms with E-state index in [1.165, 1.54) is 11.1 Å². The van der Waals surface area contributed by atoms with Crippen molar-refractivity contribution in [1.29, 1.82) is 0 Å². The molecular formula is C39H55NO13. The van der Waals surface area contributed by atoms with Crippen LogP contribution in [0.4, 0.5) is 0 Å². The van der Waals surface area contributed by atoms with Crippen LogP contribution in [0.3, 0.4) is 0 Å². The number of aliphatic carboxylic acids is 1. The summed E-state index contributed by atoms with van der Waals surface area (Å²) in [5.41, 5.74) is 2.91. The Balaban J connectivity index is 0.995. The van der Waals surface area contributed by atoms with Crippen LogP contribution >= 0.6 is 0 Å². The van der Waals surface area contributed by atoms with Crippen molar-refractivity contribution in [2.75, 3.05) is 40.0 Å². The van der Waals surface area contributed by atoms with E-state index in [1.807, 2.05) is 13.8 Å². The quantitative estimate of drug-likeness (QED) is 0.154. The molecule has 0 unspecified atom stereocenters. The van der Waals surface area contributed by atoms with Gasteiger partial charge in [-0.2, -0.15) is 0 Å². The molecular weight excluding hydrogens is 690 g/mol. The van der Waals surface area contributed by atoms with Crippen molar-refractivity contribution in [2.24, 2.45) is 46.3 Å². The predicted molar refractivity (Wildman–Crippen MR) is 184 cm³/mol. The second-order valence-corrected chi connectivity index (χ2v) is 17.4. The second kappa shape index (κ2) is 13.7. The lowest BCUT2D eigenvalue weighted by Crippen LogP contribution is -2.64. The minimum Gasteiger partial charge on any atom is -0.478 e. The molecule has 8 aliphatic rings. The van der Waals surface area contributed by atoms with Crippen molar-refractivity contribution in [2.45, 2.75) is 108 Å². The third-order valence-electron chi connectivity index (χ3n) is 14.7. The van der Waals surface area contributed by atoms with Crippen LogP contribution in [0.2, 0.25) is 0 Å². The van der Waals surface area contributed by atoms with Gasteiger partial charge in [0, 0.05) is 42.2 Å². The number of esters is 1. The number of hydrogen-bond donors (Lipinski definition) is 6. The van der Waals surface area contributed by atoms with Gasteiger partial charge in [-0.1, -0.05) is 31.1 Å². The first-order valence-corrected chi connectivity index (χ1v) is 19.4. The summed E-state index contributed by atoms with van der Waals surface area (Å²) in [6.45, 7) is 5.43. The molecule has 14 atom stereocenters. The summed E-state index contributed by atoms with van der Waals surface area (Å²) >= 11 is 0. The van der Waals surface area contributed by atoms with Gasteiger partial charge >= 0.3 is 11.9 Å². The Hall–Kier alpha value is -2.40. The average Bonchev–Trinajstić information content (AvgIpc) is 3.83. The van der Waals surface area contributed by atoms with E-state index in [1.54, 1.807) is 6.08 Å². The van der Waals surface area contributed by atoms with Crippen LogP contribution < -0.4 is 0 Å². The number of carboxylic acid groups (broad SMARTS) is 1. The molecule has 4 heterocycles. The first kappa shape index (κ1) is 37.5. The minimum absolute atomic E-state index is 0.0200. The second-order valence-electron chi connectivity index (χ2n) is 17.4. The van der Waals surface area contributed by atoms with E-state index in [9.17, 15) is 40.2 Å². The number of carbonyl (C=O) groups is 2. The molecule has 4 fully saturated rings. The number of fused-ring (bicyclic) bond motifs is 1. The highest BCUT2D eigenvalue weighted by atomic mass is 16.8. The summed E-state index contributed by atoms with van der Waals surface area (Å²) in [5.74, 6) is -4.03. The Morgan fingerprint density at radius 2 is 1.83 bits per heavy atom. The van der Waals surface area contributed by atoms with Gasteiger partial charge in [-0.25, -0.2) is 4.79 Å². The van der Waals surface area contributed by atoms with Gasteiger partial charge in [0.1, 0.15) is 31.0 Å². The van der Waals surface area contributed by atoms with Crippen molar-refractivity contribution in [3.05, 3.63) is 34.6 Å². The molecule has 14 heteroatoms. The van der Waals surface area contributed by atoms with Crippen molar-refractivity contribution < 1.29 is 63.9 Å². The van der Waals surface area contributed by atoms with Crippen LogP contribution in [0.25, 0.3) is 0 Å². The van der Waals surface area contributed by atoms with Crippen LogP contribution in [-0.4, -0.2) is 130 Å². The fourth-order valence-electron chi connectivity index (χ4n) is 11.9. The lowest BCUT2D eigenvalue weighted by atomic mass is 9.50. The summed E-state index contributed by atoms with van der Waals surface area (Å²) < 4.78 is 30.0. The van der Waals surface area contributed by atoms with E-state index in [0.29, 0.717) is 37.4 Å². The van der Waals surface area contributed by atoms with Gasteiger partial charge in [-0.15, -0.1) is 0 Å². The van der Waals surface area contributed by atoms with Crippen molar-refractivity contribution >= 4 is 11.9 Å². The van der Waals surface area contributed by atoms with Gasteiger partial charge in [-0.3, -0.25) is 4.79 Å². The molecule has 0 amide bonds. The standard InChI is InChI=1S/C39H55NO13/c1-19(2)39(48)11-10-37(18-51-39)22-7-4-20-5-9-24-25(12-38(37,29(20)24)17-40(3)13-22)34(47)49-16-27-30(42)31(43)32(44)36(52-27)53-35-28-21(14-41)6-8-23(28)26(15-50-35)33(45)46/h6,15,19,22-25,27-28,30-32,35-36,41-44,48H,4-5,7-14,16-18H2,1-3H3,(H,45,46)/t22-,23-,24-,25-,27-,28-,30-,31+,32-,35+,36+,37-,38-,39-/m1/s1. The molecule has 0 aromatic carbocycles. The molecule has 1 saturated carbocycles. The number of carboxylic acids is 1. The Morgan fingerprint density at radius 3 is 2.53 bits per heavy atom. The number of carbonyl (C=O) groups excluding carboxylic acids is 1. The SMILES string of the molecule is CC(C)[C@@]1(O)CC[C@@]2(CO1)[C@@H]1CCC3=C4[C@H](CC3)[C@H](C(=O)OC[C@H]3O[C@@H](O[C@@H]5OC=C(C(=O)O)[C@H]6CC=C(CO)[C@@H]56)[C@H](O)[C@@H](O)[C@@H]3O)C[C@@]42CN(C)C1. The van der Waals surface area contributed by atoms with Crippen LogP contribution in [0.5, 0.6) is 0 Å². The van der Waals surface area contributed by atoms with E-state index in [4.69, 9.17) is 23.7 Å².